The van der Waals surface area contributed by atoms with Gasteiger partial charge in [0.15, 0.2) is 5.78 Å². The zero-order chi connectivity index (χ0) is 19.7. The Morgan fingerprint density at radius 1 is 1.08 bits per heavy atom. The second kappa shape index (κ2) is 10.4. The molecule has 0 heterocycles. The molecule has 1 amide bonds. The molecule has 26 heavy (non-hydrogen) atoms. The molecular weight excluding hydrogens is 326 g/mol. The lowest BCUT2D eigenvalue weighted by Gasteiger charge is -2.28. The highest BCUT2D eigenvalue weighted by molar-refractivity contribution is 5.93. The standard InChI is InChI=1S/C21H35N3O2/c1-15(2)23-18(14-16-10-7-6-8-11-16)20(26)24-17(12-9-13-22)19(25)21(3,4)5/h6-8,10-11,15,17-18,23H,9,12-14,22H2,1-5H3,(H,24,26)/p+1. The number of amides is 1. The minimum absolute atomic E-state index is 0.0716. The van der Waals surface area contributed by atoms with Gasteiger partial charge in [-0.15, -0.1) is 0 Å². The minimum Gasteiger partial charge on any atom is -0.358 e. The largest absolute Gasteiger partial charge is 0.358 e. The second-order valence-corrected chi connectivity index (χ2v) is 8.23. The van der Waals surface area contributed by atoms with Crippen LogP contribution in [0.25, 0.3) is 0 Å². The number of quaternary nitrogens is 1. The Kier molecular flexibility index (Phi) is 8.96. The highest BCUT2D eigenvalue weighted by Gasteiger charge is 2.32. The van der Waals surface area contributed by atoms with E-state index in [4.69, 9.17) is 0 Å². The molecule has 2 atom stereocenters. The van der Waals surface area contributed by atoms with Crippen molar-refractivity contribution < 1.29 is 15.3 Å². The van der Waals surface area contributed by atoms with Crippen molar-refractivity contribution in [2.45, 2.75) is 72.0 Å². The predicted octanol–water partition coefficient (Wildman–Crippen LogP) is 1.72. The third-order valence-corrected chi connectivity index (χ3v) is 4.25. The summed E-state index contributed by atoms with van der Waals surface area (Å²) in [5.74, 6) is -0.0449. The van der Waals surface area contributed by atoms with Crippen LogP contribution in [0.2, 0.25) is 0 Å². The Morgan fingerprint density at radius 3 is 2.19 bits per heavy atom. The molecular formula is C21H36N3O2+. The van der Waals surface area contributed by atoms with Crippen molar-refractivity contribution >= 4 is 11.7 Å². The molecule has 0 aliphatic rings. The summed E-state index contributed by atoms with van der Waals surface area (Å²) < 4.78 is 0. The Morgan fingerprint density at radius 2 is 1.69 bits per heavy atom. The third kappa shape index (κ3) is 7.67. The zero-order valence-corrected chi connectivity index (χ0v) is 17.0. The Bertz CT molecular complexity index is 564. The monoisotopic (exact) mass is 362 g/mol. The van der Waals surface area contributed by atoms with Crippen molar-refractivity contribution in [3.63, 3.8) is 0 Å². The summed E-state index contributed by atoms with van der Waals surface area (Å²) in [4.78, 5) is 25.7. The molecule has 1 rings (SSSR count). The first kappa shape index (κ1) is 22.3. The average molecular weight is 363 g/mol. The Labute approximate surface area is 158 Å². The number of carbonyl (C=O) groups excluding carboxylic acids is 2. The maximum absolute atomic E-state index is 12.9. The lowest BCUT2D eigenvalue weighted by atomic mass is 9.84. The maximum atomic E-state index is 12.9. The van der Waals surface area contributed by atoms with E-state index in [0.29, 0.717) is 12.8 Å². The lowest BCUT2D eigenvalue weighted by molar-refractivity contribution is -0.368. The number of benzene rings is 1. The van der Waals surface area contributed by atoms with Crippen LogP contribution < -0.4 is 16.4 Å². The molecule has 2 unspecified atom stereocenters. The van der Waals surface area contributed by atoms with Gasteiger partial charge in [0.1, 0.15) is 0 Å². The summed E-state index contributed by atoms with van der Waals surface area (Å²) in [6.45, 7) is 10.5. The summed E-state index contributed by atoms with van der Waals surface area (Å²) in [5, 5.41) is 6.34. The molecule has 0 bridgehead atoms. The summed E-state index contributed by atoms with van der Waals surface area (Å²) in [7, 11) is 0. The first-order valence-corrected chi connectivity index (χ1v) is 9.59. The predicted molar refractivity (Wildman–Crippen MR) is 106 cm³/mol. The second-order valence-electron chi connectivity index (χ2n) is 8.23. The van der Waals surface area contributed by atoms with E-state index < -0.39 is 11.5 Å². The van der Waals surface area contributed by atoms with Gasteiger partial charge in [0.05, 0.1) is 18.6 Å². The van der Waals surface area contributed by atoms with Gasteiger partial charge in [0.25, 0.3) is 0 Å². The number of ketones is 1. The van der Waals surface area contributed by atoms with Gasteiger partial charge in [-0.3, -0.25) is 9.59 Å². The van der Waals surface area contributed by atoms with Crippen molar-refractivity contribution in [1.29, 1.82) is 0 Å². The molecule has 0 spiro atoms. The van der Waals surface area contributed by atoms with Gasteiger partial charge in [-0.1, -0.05) is 65.0 Å². The van der Waals surface area contributed by atoms with Crippen molar-refractivity contribution in [1.82, 2.24) is 10.6 Å². The van der Waals surface area contributed by atoms with Crippen LogP contribution in [0.15, 0.2) is 30.3 Å². The van der Waals surface area contributed by atoms with Gasteiger partial charge in [0.2, 0.25) is 5.91 Å². The van der Waals surface area contributed by atoms with E-state index in [-0.39, 0.29) is 23.8 Å². The molecule has 0 aliphatic carbocycles. The normalized spacial score (nSPS) is 14.1. The maximum Gasteiger partial charge on any atom is 0.238 e. The lowest BCUT2D eigenvalue weighted by Crippen LogP contribution is -2.55. The first-order valence-electron chi connectivity index (χ1n) is 9.59. The molecule has 146 valence electrons. The van der Waals surface area contributed by atoms with Crippen molar-refractivity contribution in [3.05, 3.63) is 35.9 Å². The molecule has 5 nitrogen and oxygen atoms in total. The van der Waals surface area contributed by atoms with Crippen LogP contribution in [0.3, 0.4) is 0 Å². The fourth-order valence-corrected chi connectivity index (χ4v) is 2.89. The Hall–Kier alpha value is -1.72. The first-order chi connectivity index (χ1) is 12.1. The van der Waals surface area contributed by atoms with Gasteiger partial charge in [-0.05, 0) is 24.8 Å². The van der Waals surface area contributed by atoms with E-state index in [0.717, 1.165) is 18.5 Å². The number of hydrogen-bond donors (Lipinski definition) is 3. The summed E-state index contributed by atoms with van der Waals surface area (Å²) in [5.41, 5.74) is 4.46. The third-order valence-electron chi connectivity index (χ3n) is 4.25. The van der Waals surface area contributed by atoms with E-state index in [1.807, 2.05) is 65.0 Å². The smallest absolute Gasteiger partial charge is 0.238 e. The SMILES string of the molecule is CC(C)NC(Cc1ccccc1)C(=O)NC(CCC[NH3+])C(=O)C(C)(C)C. The summed E-state index contributed by atoms with van der Waals surface area (Å²) in [6.07, 6.45) is 2.04. The number of nitrogens with one attached hydrogen (secondary N) is 2. The van der Waals surface area contributed by atoms with E-state index in [2.05, 4.69) is 16.4 Å². The molecule has 0 saturated carbocycles. The van der Waals surface area contributed by atoms with Crippen LogP contribution in [0, 0.1) is 5.41 Å². The van der Waals surface area contributed by atoms with E-state index in [1.165, 1.54) is 0 Å². The average Bonchev–Trinajstić information content (AvgIpc) is 2.57. The Balaban J connectivity index is 2.90. The van der Waals surface area contributed by atoms with Crippen LogP contribution in [-0.2, 0) is 16.0 Å². The number of carbonyl (C=O) groups is 2. The van der Waals surface area contributed by atoms with Crippen molar-refractivity contribution in [2.75, 3.05) is 6.54 Å². The van der Waals surface area contributed by atoms with Crippen LogP contribution in [0.1, 0.15) is 53.0 Å². The summed E-state index contributed by atoms with van der Waals surface area (Å²) in [6, 6.07) is 9.28. The molecule has 5 N–H and O–H groups in total. The van der Waals surface area contributed by atoms with Crippen LogP contribution >= 0.6 is 0 Å². The van der Waals surface area contributed by atoms with E-state index >= 15 is 0 Å². The summed E-state index contributed by atoms with van der Waals surface area (Å²) >= 11 is 0. The molecule has 5 heteroatoms. The molecule has 0 fully saturated rings. The fourth-order valence-electron chi connectivity index (χ4n) is 2.89. The highest BCUT2D eigenvalue weighted by Crippen LogP contribution is 2.19. The fraction of sp³-hybridized carbons (Fsp3) is 0.619. The van der Waals surface area contributed by atoms with Crippen LogP contribution in [0.5, 0.6) is 0 Å². The van der Waals surface area contributed by atoms with Gasteiger partial charge in [0, 0.05) is 11.5 Å². The topological polar surface area (TPSA) is 85.8 Å². The van der Waals surface area contributed by atoms with E-state index in [9.17, 15) is 9.59 Å². The number of rotatable bonds is 10. The van der Waals surface area contributed by atoms with Crippen molar-refractivity contribution in [2.24, 2.45) is 5.41 Å². The molecule has 0 radical (unpaired) electrons. The minimum atomic E-state index is -0.487. The van der Waals surface area contributed by atoms with Crippen LogP contribution in [-0.4, -0.2) is 36.4 Å². The van der Waals surface area contributed by atoms with Crippen molar-refractivity contribution in [3.8, 4) is 0 Å². The zero-order valence-electron chi connectivity index (χ0n) is 17.0. The van der Waals surface area contributed by atoms with Gasteiger partial charge < -0.3 is 16.4 Å². The number of hydrogen-bond acceptors (Lipinski definition) is 3. The van der Waals surface area contributed by atoms with E-state index in [1.54, 1.807) is 0 Å². The van der Waals surface area contributed by atoms with Gasteiger partial charge >= 0.3 is 0 Å². The molecule has 1 aromatic carbocycles. The number of Topliss-reactive ketones (excluding diaryl/α,β-unsaturated/α-hetero) is 1. The highest BCUT2D eigenvalue weighted by atomic mass is 16.2. The molecule has 0 aromatic heterocycles. The molecule has 0 saturated heterocycles. The van der Waals surface area contributed by atoms with Gasteiger partial charge in [-0.25, -0.2) is 0 Å². The molecule has 0 aliphatic heterocycles. The quantitative estimate of drug-likeness (QED) is 0.592. The van der Waals surface area contributed by atoms with Crippen LogP contribution in [0.4, 0.5) is 0 Å². The van der Waals surface area contributed by atoms with Gasteiger partial charge in [-0.2, -0.15) is 0 Å². The molecule has 1 aromatic rings.